The van der Waals surface area contributed by atoms with Crippen LogP contribution in [0.1, 0.15) is 15.9 Å². The molecule has 0 bridgehead atoms. The van der Waals surface area contributed by atoms with Gasteiger partial charge in [-0.1, -0.05) is 48.0 Å². The smallest absolute Gasteiger partial charge is 0.251 e. The van der Waals surface area contributed by atoms with E-state index in [9.17, 15) is 13.2 Å². The fraction of sp³-hybridized carbons (Fsp3) is 0.174. The van der Waals surface area contributed by atoms with E-state index in [4.69, 9.17) is 11.6 Å². The molecule has 3 rings (SSSR count). The molecule has 5 nitrogen and oxygen atoms in total. The Labute approximate surface area is 192 Å². The Kier molecular flexibility index (Phi) is 8.01. The molecule has 0 spiro atoms. The maximum atomic E-state index is 12.4. The SMILES string of the molecule is CS(=O)(=O)N(Cc1ccc(C(=O)NCCSc2ccccc2)cc1)c1cccc(Cl)c1. The minimum absolute atomic E-state index is 0.148. The summed E-state index contributed by atoms with van der Waals surface area (Å²) in [5.41, 5.74) is 1.79. The molecular weight excluding hydrogens is 452 g/mol. The van der Waals surface area contributed by atoms with Crippen LogP contribution in [0.4, 0.5) is 5.69 Å². The number of halogens is 1. The zero-order valence-corrected chi connectivity index (χ0v) is 19.4. The Morgan fingerprint density at radius 3 is 2.35 bits per heavy atom. The first-order valence-electron chi connectivity index (χ1n) is 9.61. The number of sulfonamides is 1. The quantitative estimate of drug-likeness (QED) is 0.356. The molecule has 0 aliphatic carbocycles. The number of nitrogens with one attached hydrogen (secondary N) is 1. The molecule has 1 amide bonds. The molecule has 0 heterocycles. The summed E-state index contributed by atoms with van der Waals surface area (Å²) >= 11 is 7.70. The van der Waals surface area contributed by atoms with E-state index in [0.717, 1.165) is 22.5 Å². The molecule has 0 radical (unpaired) electrons. The number of amides is 1. The molecule has 1 N–H and O–H groups in total. The summed E-state index contributed by atoms with van der Waals surface area (Å²) in [5, 5.41) is 3.37. The van der Waals surface area contributed by atoms with Crippen molar-refractivity contribution in [1.29, 1.82) is 0 Å². The standard InChI is InChI=1S/C23H23ClN2O3S2/c1-31(28,29)26(21-7-5-6-20(24)16-21)17-18-10-12-19(13-11-18)23(27)25-14-15-30-22-8-3-2-4-9-22/h2-13,16H,14-15,17H2,1H3,(H,25,27). The van der Waals surface area contributed by atoms with Crippen molar-refractivity contribution in [2.45, 2.75) is 11.4 Å². The normalized spacial score (nSPS) is 11.2. The number of carbonyl (C=O) groups excluding carboxylic acids is 1. The lowest BCUT2D eigenvalue weighted by Gasteiger charge is -2.22. The third-order valence-electron chi connectivity index (χ3n) is 4.44. The van der Waals surface area contributed by atoms with Crippen molar-refractivity contribution < 1.29 is 13.2 Å². The van der Waals surface area contributed by atoms with Gasteiger partial charge >= 0.3 is 0 Å². The molecule has 0 aromatic heterocycles. The van der Waals surface area contributed by atoms with Gasteiger partial charge in [0.1, 0.15) is 0 Å². The first-order chi connectivity index (χ1) is 14.8. The third-order valence-corrected chi connectivity index (χ3v) is 6.83. The summed E-state index contributed by atoms with van der Waals surface area (Å²) in [5.74, 6) is 0.617. The number of hydrogen-bond donors (Lipinski definition) is 1. The van der Waals surface area contributed by atoms with Crippen LogP contribution in [0, 0.1) is 0 Å². The summed E-state index contributed by atoms with van der Waals surface area (Å²) in [6, 6.07) is 23.6. The van der Waals surface area contributed by atoms with Gasteiger partial charge in [-0.2, -0.15) is 0 Å². The Morgan fingerprint density at radius 1 is 1.00 bits per heavy atom. The first-order valence-corrected chi connectivity index (χ1v) is 12.8. The van der Waals surface area contributed by atoms with E-state index in [1.54, 1.807) is 60.3 Å². The summed E-state index contributed by atoms with van der Waals surface area (Å²) in [4.78, 5) is 13.5. The van der Waals surface area contributed by atoms with Crippen molar-refractivity contribution in [3.8, 4) is 0 Å². The highest BCUT2D eigenvalue weighted by molar-refractivity contribution is 7.99. The van der Waals surface area contributed by atoms with Gasteiger partial charge in [0.15, 0.2) is 0 Å². The average molecular weight is 475 g/mol. The monoisotopic (exact) mass is 474 g/mol. The van der Waals surface area contributed by atoms with Crippen molar-refractivity contribution in [3.63, 3.8) is 0 Å². The molecule has 162 valence electrons. The van der Waals surface area contributed by atoms with Crippen LogP contribution in [-0.4, -0.2) is 32.9 Å². The van der Waals surface area contributed by atoms with Crippen LogP contribution < -0.4 is 9.62 Å². The van der Waals surface area contributed by atoms with Crippen LogP contribution in [-0.2, 0) is 16.6 Å². The molecule has 0 unspecified atom stereocenters. The van der Waals surface area contributed by atoms with E-state index < -0.39 is 10.0 Å². The number of benzene rings is 3. The van der Waals surface area contributed by atoms with E-state index >= 15 is 0 Å². The van der Waals surface area contributed by atoms with Gasteiger partial charge in [-0.3, -0.25) is 9.10 Å². The number of hydrogen-bond acceptors (Lipinski definition) is 4. The molecule has 0 fully saturated rings. The van der Waals surface area contributed by atoms with Crippen molar-refractivity contribution in [2.24, 2.45) is 0 Å². The lowest BCUT2D eigenvalue weighted by Crippen LogP contribution is -2.29. The van der Waals surface area contributed by atoms with Crippen LogP contribution in [0.2, 0.25) is 5.02 Å². The Hall–Kier alpha value is -2.48. The molecule has 0 atom stereocenters. The molecule has 0 aliphatic heterocycles. The minimum atomic E-state index is -3.50. The maximum absolute atomic E-state index is 12.4. The van der Waals surface area contributed by atoms with Crippen molar-refractivity contribution >= 4 is 45.0 Å². The number of anilines is 1. The maximum Gasteiger partial charge on any atom is 0.251 e. The van der Waals surface area contributed by atoms with Gasteiger partial charge < -0.3 is 5.32 Å². The molecule has 3 aromatic rings. The predicted octanol–water partition coefficient (Wildman–Crippen LogP) is 4.83. The second-order valence-corrected chi connectivity index (χ2v) is 10.4. The highest BCUT2D eigenvalue weighted by Gasteiger charge is 2.18. The van der Waals surface area contributed by atoms with Gasteiger partial charge in [-0.05, 0) is 48.0 Å². The molecular formula is C23H23ClN2O3S2. The summed E-state index contributed by atoms with van der Waals surface area (Å²) in [6.07, 6.45) is 1.16. The average Bonchev–Trinajstić information content (AvgIpc) is 2.75. The summed E-state index contributed by atoms with van der Waals surface area (Å²) in [7, 11) is -3.50. The van der Waals surface area contributed by atoms with Gasteiger partial charge in [0.05, 0.1) is 18.5 Å². The van der Waals surface area contributed by atoms with Crippen molar-refractivity contribution in [3.05, 3.63) is 95.0 Å². The fourth-order valence-electron chi connectivity index (χ4n) is 2.91. The number of nitrogens with zero attached hydrogens (tertiary/aromatic N) is 1. The van der Waals surface area contributed by atoms with Crippen LogP contribution >= 0.6 is 23.4 Å². The first kappa shape index (κ1) is 23.2. The molecule has 0 saturated heterocycles. The highest BCUT2D eigenvalue weighted by atomic mass is 35.5. The highest BCUT2D eigenvalue weighted by Crippen LogP contribution is 2.24. The molecule has 3 aromatic carbocycles. The number of carbonyl (C=O) groups is 1. The third kappa shape index (κ3) is 7.02. The van der Waals surface area contributed by atoms with Crippen LogP contribution in [0.25, 0.3) is 0 Å². The second-order valence-electron chi connectivity index (χ2n) is 6.86. The van der Waals surface area contributed by atoms with Gasteiger partial charge in [0.2, 0.25) is 10.0 Å². The largest absolute Gasteiger partial charge is 0.351 e. The van der Waals surface area contributed by atoms with E-state index in [1.807, 2.05) is 30.3 Å². The van der Waals surface area contributed by atoms with Gasteiger partial charge in [0.25, 0.3) is 5.91 Å². The lowest BCUT2D eigenvalue weighted by molar-refractivity contribution is 0.0956. The van der Waals surface area contributed by atoms with E-state index in [2.05, 4.69) is 5.32 Å². The van der Waals surface area contributed by atoms with Crippen molar-refractivity contribution in [1.82, 2.24) is 5.32 Å². The summed E-state index contributed by atoms with van der Waals surface area (Å²) in [6.45, 7) is 0.700. The molecule has 8 heteroatoms. The zero-order chi connectivity index (χ0) is 22.3. The zero-order valence-electron chi connectivity index (χ0n) is 17.0. The lowest BCUT2D eigenvalue weighted by atomic mass is 10.1. The second kappa shape index (κ2) is 10.7. The van der Waals surface area contributed by atoms with E-state index in [-0.39, 0.29) is 12.5 Å². The summed E-state index contributed by atoms with van der Waals surface area (Å²) < 4.78 is 25.9. The van der Waals surface area contributed by atoms with Crippen LogP contribution in [0.3, 0.4) is 0 Å². The van der Waals surface area contributed by atoms with Gasteiger partial charge in [-0.25, -0.2) is 8.42 Å². The molecule has 0 saturated carbocycles. The van der Waals surface area contributed by atoms with Crippen LogP contribution in [0.15, 0.2) is 83.8 Å². The molecule has 31 heavy (non-hydrogen) atoms. The topological polar surface area (TPSA) is 66.5 Å². The van der Waals surface area contributed by atoms with Gasteiger partial charge in [0, 0.05) is 27.8 Å². The fourth-order valence-corrected chi connectivity index (χ4v) is 4.76. The molecule has 0 aliphatic rings. The van der Waals surface area contributed by atoms with Crippen LogP contribution in [0.5, 0.6) is 0 Å². The predicted molar refractivity (Wildman–Crippen MR) is 128 cm³/mol. The Morgan fingerprint density at radius 2 is 1.71 bits per heavy atom. The van der Waals surface area contributed by atoms with Gasteiger partial charge in [-0.15, -0.1) is 11.8 Å². The number of rotatable bonds is 9. The van der Waals surface area contributed by atoms with Crippen molar-refractivity contribution in [2.75, 3.05) is 22.9 Å². The van der Waals surface area contributed by atoms with E-state index in [1.165, 1.54) is 4.31 Å². The Bertz CT molecular complexity index is 1120. The minimum Gasteiger partial charge on any atom is -0.351 e. The van der Waals surface area contributed by atoms with E-state index in [0.29, 0.717) is 22.8 Å². The number of thioether (sulfide) groups is 1. The Balaban J connectivity index is 1.58.